The number of pyridine rings is 1. The summed E-state index contributed by atoms with van der Waals surface area (Å²) < 4.78 is 12.6. The molecule has 1 fully saturated rings. The summed E-state index contributed by atoms with van der Waals surface area (Å²) in [5, 5.41) is 19.6. The van der Waals surface area contributed by atoms with Gasteiger partial charge in [0.25, 0.3) is 5.69 Å². The van der Waals surface area contributed by atoms with Crippen LogP contribution in [0.15, 0.2) is 30.7 Å². The molecule has 1 aliphatic rings. The molecule has 1 saturated heterocycles. The van der Waals surface area contributed by atoms with Gasteiger partial charge in [0, 0.05) is 37.0 Å². The largest absolute Gasteiger partial charge is 0.493 e. The molecule has 4 rings (SSSR count). The molecule has 0 aliphatic carbocycles. The van der Waals surface area contributed by atoms with Crippen molar-refractivity contribution in [2.45, 2.75) is 58.6 Å². The van der Waals surface area contributed by atoms with Crippen molar-refractivity contribution in [2.75, 3.05) is 25.5 Å². The van der Waals surface area contributed by atoms with Gasteiger partial charge in [0.2, 0.25) is 0 Å². The van der Waals surface area contributed by atoms with E-state index in [1.165, 1.54) is 6.33 Å². The predicted octanol–water partition coefficient (Wildman–Crippen LogP) is 4.69. The van der Waals surface area contributed by atoms with Crippen molar-refractivity contribution in [3.63, 3.8) is 0 Å². The van der Waals surface area contributed by atoms with Gasteiger partial charge in [0.1, 0.15) is 17.6 Å². The van der Waals surface area contributed by atoms with E-state index < -0.39 is 5.60 Å². The highest BCUT2D eigenvalue weighted by Crippen LogP contribution is 2.37. The number of carbonyl (C=O) groups is 1. The number of hydrogen-bond acceptors (Lipinski definition) is 8. The van der Waals surface area contributed by atoms with E-state index in [1.54, 1.807) is 28.8 Å². The second kappa shape index (κ2) is 10.00. The van der Waals surface area contributed by atoms with Crippen LogP contribution in [0.1, 0.15) is 46.1 Å². The van der Waals surface area contributed by atoms with Gasteiger partial charge >= 0.3 is 6.09 Å². The van der Waals surface area contributed by atoms with Crippen LogP contribution >= 0.6 is 0 Å². The Bertz CT molecular complexity index is 1280. The smallest absolute Gasteiger partial charge is 0.410 e. The zero-order valence-corrected chi connectivity index (χ0v) is 21.3. The average Bonchev–Trinajstić information content (AvgIpc) is 3.31. The minimum absolute atomic E-state index is 0.0331. The topological polar surface area (TPSA) is 124 Å². The number of methoxy groups -OCH3 is 1. The Morgan fingerprint density at radius 2 is 2.08 bits per heavy atom. The number of hydrogen-bond donors (Lipinski definition) is 1. The maximum Gasteiger partial charge on any atom is 0.410 e. The van der Waals surface area contributed by atoms with E-state index in [1.807, 2.05) is 39.8 Å². The maximum atomic E-state index is 12.6. The number of ether oxygens (including phenoxy) is 2. The quantitative estimate of drug-likeness (QED) is 0.385. The molecule has 1 N–H and O–H groups in total. The molecule has 11 nitrogen and oxygen atoms in total. The number of aryl methyl sites for hydroxylation is 1. The molecule has 36 heavy (non-hydrogen) atoms. The first-order valence-corrected chi connectivity index (χ1v) is 12.0. The van der Waals surface area contributed by atoms with E-state index in [0.717, 1.165) is 29.5 Å². The van der Waals surface area contributed by atoms with Crippen molar-refractivity contribution in [3.8, 4) is 16.9 Å². The lowest BCUT2D eigenvalue weighted by molar-refractivity contribution is -0.383. The summed E-state index contributed by atoms with van der Waals surface area (Å²) in [5.74, 6) is 0.529. The molecule has 0 saturated carbocycles. The Balaban J connectivity index is 1.66. The van der Waals surface area contributed by atoms with E-state index >= 15 is 0 Å². The van der Waals surface area contributed by atoms with Crippen molar-refractivity contribution in [3.05, 3.63) is 46.4 Å². The molecule has 2 aromatic heterocycles. The number of aromatic nitrogens is 3. The number of carbonyl (C=O) groups excluding carboxylic acids is 1. The summed E-state index contributed by atoms with van der Waals surface area (Å²) in [4.78, 5) is 30.1. The fourth-order valence-electron chi connectivity index (χ4n) is 4.46. The van der Waals surface area contributed by atoms with Gasteiger partial charge < -0.3 is 19.7 Å². The number of piperidine rings is 1. The first-order chi connectivity index (χ1) is 17.1. The molecule has 3 heterocycles. The number of nitro groups is 1. The van der Waals surface area contributed by atoms with E-state index in [2.05, 4.69) is 15.4 Å². The number of fused-ring (bicyclic) bond motifs is 1. The van der Waals surface area contributed by atoms with Gasteiger partial charge in [-0.15, -0.1) is 0 Å². The molecule has 0 unspecified atom stereocenters. The number of amides is 1. The van der Waals surface area contributed by atoms with Gasteiger partial charge in [-0.25, -0.2) is 14.3 Å². The molecular formula is C25H32N6O5. The van der Waals surface area contributed by atoms with Gasteiger partial charge in [-0.1, -0.05) is 6.92 Å². The molecule has 1 amide bonds. The normalized spacial score (nSPS) is 16.1. The van der Waals surface area contributed by atoms with Crippen molar-refractivity contribution in [1.82, 2.24) is 19.5 Å². The predicted molar refractivity (Wildman–Crippen MR) is 135 cm³/mol. The van der Waals surface area contributed by atoms with Gasteiger partial charge in [-0.3, -0.25) is 10.1 Å². The Morgan fingerprint density at radius 3 is 2.75 bits per heavy atom. The van der Waals surface area contributed by atoms with Crippen LogP contribution in [-0.2, 0) is 11.2 Å². The van der Waals surface area contributed by atoms with Crippen LogP contribution in [0.2, 0.25) is 0 Å². The van der Waals surface area contributed by atoms with E-state index in [9.17, 15) is 14.9 Å². The van der Waals surface area contributed by atoms with Crippen LogP contribution in [0.25, 0.3) is 16.8 Å². The summed E-state index contributed by atoms with van der Waals surface area (Å²) in [7, 11) is 1.55. The van der Waals surface area contributed by atoms with Crippen molar-refractivity contribution < 1.29 is 19.2 Å². The highest BCUT2D eigenvalue weighted by Gasteiger charge is 2.29. The zero-order valence-electron chi connectivity index (χ0n) is 21.3. The monoisotopic (exact) mass is 496 g/mol. The molecular weight excluding hydrogens is 464 g/mol. The second-order valence-electron chi connectivity index (χ2n) is 9.87. The second-order valence-corrected chi connectivity index (χ2v) is 9.87. The molecule has 192 valence electrons. The number of likely N-dealkylation sites (tertiary alicyclic amines) is 1. The summed E-state index contributed by atoms with van der Waals surface area (Å²) in [5.41, 5.74) is 2.79. The van der Waals surface area contributed by atoms with Crippen molar-refractivity contribution >= 4 is 23.1 Å². The molecule has 0 spiro atoms. The summed E-state index contributed by atoms with van der Waals surface area (Å²) >= 11 is 0. The fourth-order valence-corrected chi connectivity index (χ4v) is 4.46. The van der Waals surface area contributed by atoms with Crippen molar-refractivity contribution in [2.24, 2.45) is 0 Å². The lowest BCUT2D eigenvalue weighted by Crippen LogP contribution is -2.47. The van der Waals surface area contributed by atoms with Gasteiger partial charge in [0.15, 0.2) is 11.4 Å². The van der Waals surface area contributed by atoms with E-state index in [-0.39, 0.29) is 22.7 Å². The average molecular weight is 497 g/mol. The standard InChI is InChI=1S/C25H32N6O5/c1-6-16-10-20(28-18-8-7-9-29(14-18)24(32)36-25(2,3)4)21(31(33)34)12-19(16)17-11-22(35-5)23-26-15-27-30(23)13-17/h10-13,15,18,28H,6-9,14H2,1-5H3/t18-/m1/s1. The Morgan fingerprint density at radius 1 is 1.31 bits per heavy atom. The Hall–Kier alpha value is -3.89. The summed E-state index contributed by atoms with van der Waals surface area (Å²) in [6, 6.07) is 5.10. The Kier molecular flexibility index (Phi) is 7.00. The fraction of sp³-hybridized carbons (Fsp3) is 0.480. The van der Waals surface area contributed by atoms with Crippen LogP contribution in [0.4, 0.5) is 16.2 Å². The van der Waals surface area contributed by atoms with Crippen LogP contribution in [0.5, 0.6) is 5.75 Å². The number of rotatable bonds is 6. The number of nitrogens with one attached hydrogen (secondary N) is 1. The molecule has 1 aliphatic heterocycles. The Labute approximate surface area is 209 Å². The minimum Gasteiger partial charge on any atom is -0.493 e. The van der Waals surface area contributed by atoms with Crippen LogP contribution < -0.4 is 10.1 Å². The SMILES string of the molecule is CCc1cc(N[C@@H]2CCCN(C(=O)OC(C)(C)C)C2)c([N+](=O)[O-])cc1-c1cc(OC)c2ncnn2c1. The molecule has 0 radical (unpaired) electrons. The van der Waals surface area contributed by atoms with Gasteiger partial charge in [-0.2, -0.15) is 5.10 Å². The lowest BCUT2D eigenvalue weighted by atomic mass is 9.96. The van der Waals surface area contributed by atoms with Crippen molar-refractivity contribution in [1.29, 1.82) is 0 Å². The maximum absolute atomic E-state index is 12.6. The third kappa shape index (κ3) is 5.34. The van der Waals surface area contributed by atoms with Crippen LogP contribution in [0.3, 0.4) is 0 Å². The van der Waals surface area contributed by atoms with Crippen LogP contribution in [0, 0.1) is 10.1 Å². The number of nitrogens with zero attached hydrogens (tertiary/aromatic N) is 5. The number of anilines is 1. The number of nitro benzene ring substituents is 1. The lowest BCUT2D eigenvalue weighted by Gasteiger charge is -2.34. The van der Waals surface area contributed by atoms with E-state index in [0.29, 0.717) is 36.6 Å². The zero-order chi connectivity index (χ0) is 26.0. The number of benzene rings is 1. The highest BCUT2D eigenvalue weighted by molar-refractivity contribution is 5.79. The highest BCUT2D eigenvalue weighted by atomic mass is 16.6. The van der Waals surface area contributed by atoms with Gasteiger partial charge in [0.05, 0.1) is 12.0 Å². The van der Waals surface area contributed by atoms with Gasteiger partial charge in [-0.05, 0) is 63.3 Å². The molecule has 11 heteroatoms. The minimum atomic E-state index is -0.583. The van der Waals surface area contributed by atoms with Crippen LogP contribution in [-0.4, -0.2) is 62.4 Å². The summed E-state index contributed by atoms with van der Waals surface area (Å²) in [6.07, 6.45) is 5.08. The molecule has 1 aromatic carbocycles. The molecule has 1 atom stereocenters. The third-order valence-electron chi connectivity index (χ3n) is 6.10. The summed E-state index contributed by atoms with van der Waals surface area (Å²) in [6.45, 7) is 8.51. The third-order valence-corrected chi connectivity index (χ3v) is 6.10. The first-order valence-electron chi connectivity index (χ1n) is 12.0. The first kappa shape index (κ1) is 25.2. The molecule has 0 bridgehead atoms. The van der Waals surface area contributed by atoms with E-state index in [4.69, 9.17) is 9.47 Å². The molecule has 3 aromatic rings.